The molecule has 0 unspecified atom stereocenters. The first kappa shape index (κ1) is 15.6. The van der Waals surface area contributed by atoms with E-state index >= 15 is 0 Å². The zero-order valence-electron chi connectivity index (χ0n) is 4.47. The molecule has 8 heavy (non-hydrogen) atoms. The maximum atomic E-state index is 7.65. The Morgan fingerprint density at radius 3 is 2.12 bits per heavy atom. The van der Waals surface area contributed by atoms with Crippen LogP contribution in [0, 0.1) is 16.9 Å². The molecule has 5 N–H and O–H groups in total. The van der Waals surface area contributed by atoms with E-state index in [1.54, 1.807) is 0 Å². The van der Waals surface area contributed by atoms with Crippen LogP contribution >= 0.6 is 0 Å². The Kier molecular flexibility index (Phi) is 19.3. The molecule has 5 nitrogen and oxygen atoms in total. The van der Waals surface area contributed by atoms with Gasteiger partial charge in [0.05, 0.1) is 0 Å². The summed E-state index contributed by atoms with van der Waals surface area (Å²) in [4.78, 5) is 0. The third-order valence-electron chi connectivity index (χ3n) is 0.191. The largest absolute Gasteiger partial charge is 1.00 e. The molecule has 0 amide bonds. The van der Waals surface area contributed by atoms with Crippen LogP contribution in [0.3, 0.4) is 0 Å². The summed E-state index contributed by atoms with van der Waals surface area (Å²) in [6.07, 6.45) is 1.47. The van der Waals surface area contributed by atoms with Crippen LogP contribution in [0.25, 0.3) is 0 Å². The maximum Gasteiger partial charge on any atom is 1.00 e. The minimum Gasteiger partial charge on any atom is -0.870 e. The van der Waals surface area contributed by atoms with E-state index in [9.17, 15) is 0 Å². The topological polar surface area (TPSA) is 116 Å². The molecule has 0 spiro atoms. The number of nitrogens with two attached hydrogens (primary N) is 1. The van der Waals surface area contributed by atoms with Crippen molar-refractivity contribution in [3.05, 3.63) is 0 Å². The number of nitrogens with zero attached hydrogens (tertiary/aromatic N) is 1. The molecule has 0 fully saturated rings. The average molecular weight is 124 g/mol. The first-order valence-corrected chi connectivity index (χ1v) is 1.26. The van der Waals surface area contributed by atoms with Gasteiger partial charge in [-0.1, -0.05) is 0 Å². The summed E-state index contributed by atoms with van der Waals surface area (Å²) in [6, 6.07) is 0. The summed E-state index contributed by atoms with van der Waals surface area (Å²) in [6.45, 7) is 0. The van der Waals surface area contributed by atoms with Crippen LogP contribution in [0.5, 0.6) is 0 Å². The van der Waals surface area contributed by atoms with Crippen LogP contribution in [-0.4, -0.2) is 11.4 Å². The predicted molar refractivity (Wildman–Crippen MR) is 22.6 cm³/mol. The van der Waals surface area contributed by atoms with E-state index in [1.165, 1.54) is 6.19 Å². The van der Waals surface area contributed by atoms with Crippen LogP contribution in [-0.2, 0) is 0 Å². The fourth-order valence-electron chi connectivity index (χ4n) is 0.0602. The average Bonchev–Trinajstić information content (AvgIpc) is 1.35. The van der Waals surface area contributed by atoms with E-state index in [0.717, 1.165) is 0 Å². The third-order valence-corrected chi connectivity index (χ3v) is 0.191. The number of nitriles is 1. The second-order valence-electron chi connectivity index (χ2n) is 0.650. The molecule has 0 bridgehead atoms. The van der Waals surface area contributed by atoms with Crippen LogP contribution in [0.4, 0.5) is 0 Å². The molecule has 0 saturated heterocycles. The Morgan fingerprint density at radius 1 is 1.75 bits per heavy atom. The SMILES string of the molecule is N#CNC(=N)N.[Na+].[OH-]. The van der Waals surface area contributed by atoms with Gasteiger partial charge < -0.3 is 11.2 Å². The zero-order valence-corrected chi connectivity index (χ0v) is 6.47. The molecule has 0 atom stereocenters. The van der Waals surface area contributed by atoms with Gasteiger partial charge in [-0.3, -0.25) is 10.7 Å². The maximum absolute atomic E-state index is 7.65. The Balaban J connectivity index is -0.000000125. The number of nitrogens with one attached hydrogen (secondary N) is 2. The number of guanidine groups is 1. The summed E-state index contributed by atoms with van der Waals surface area (Å²) < 4.78 is 0. The molecule has 0 saturated carbocycles. The Hall–Kier alpha value is -0.280. The van der Waals surface area contributed by atoms with Gasteiger partial charge in [0.2, 0.25) is 0 Å². The Morgan fingerprint density at radius 2 is 2.12 bits per heavy atom. The molecular weight excluding hydrogens is 119 g/mol. The predicted octanol–water partition coefficient (Wildman–Crippen LogP) is -4.22. The fraction of sp³-hybridized carbons (Fsp3) is 0. The van der Waals surface area contributed by atoms with Gasteiger partial charge in [-0.2, -0.15) is 5.26 Å². The van der Waals surface area contributed by atoms with Gasteiger partial charge in [0, 0.05) is 0 Å². The molecular formula is C2H5N4NaO. The van der Waals surface area contributed by atoms with Gasteiger partial charge in [0.25, 0.3) is 0 Å². The molecule has 0 aromatic carbocycles. The number of hydrogen-bond donors (Lipinski definition) is 3. The third kappa shape index (κ3) is 17.2. The van der Waals surface area contributed by atoms with E-state index in [0.29, 0.717) is 0 Å². The van der Waals surface area contributed by atoms with Crippen molar-refractivity contribution in [3.63, 3.8) is 0 Å². The molecule has 0 aliphatic carbocycles. The molecule has 40 valence electrons. The second-order valence-corrected chi connectivity index (χ2v) is 0.650. The summed E-state index contributed by atoms with van der Waals surface area (Å²) >= 11 is 0. The van der Waals surface area contributed by atoms with Gasteiger partial charge >= 0.3 is 29.6 Å². The van der Waals surface area contributed by atoms with Gasteiger partial charge in [-0.25, -0.2) is 0 Å². The van der Waals surface area contributed by atoms with E-state index in [-0.39, 0.29) is 41.0 Å². The van der Waals surface area contributed by atoms with E-state index in [2.05, 4.69) is 5.73 Å². The van der Waals surface area contributed by atoms with Crippen LogP contribution in [0.1, 0.15) is 0 Å². The fourth-order valence-corrected chi connectivity index (χ4v) is 0.0602. The monoisotopic (exact) mass is 124 g/mol. The summed E-state index contributed by atoms with van der Waals surface area (Å²) in [5.41, 5.74) is 4.65. The van der Waals surface area contributed by atoms with Crippen molar-refractivity contribution < 1.29 is 35.0 Å². The molecule has 0 rings (SSSR count). The van der Waals surface area contributed by atoms with Crippen molar-refractivity contribution in [2.24, 2.45) is 5.73 Å². The number of hydrogen-bond acceptors (Lipinski definition) is 3. The normalized spacial score (nSPS) is 4.38. The molecule has 0 radical (unpaired) electrons. The van der Waals surface area contributed by atoms with E-state index in [4.69, 9.17) is 10.7 Å². The van der Waals surface area contributed by atoms with Crippen molar-refractivity contribution in [2.45, 2.75) is 0 Å². The molecule has 0 aromatic rings. The van der Waals surface area contributed by atoms with Crippen LogP contribution < -0.4 is 40.6 Å². The van der Waals surface area contributed by atoms with Crippen LogP contribution in [0.2, 0.25) is 0 Å². The summed E-state index contributed by atoms with van der Waals surface area (Å²) in [5, 5.41) is 15.9. The molecule has 0 aliphatic heterocycles. The second kappa shape index (κ2) is 9.87. The zero-order chi connectivity index (χ0) is 4.99. The summed E-state index contributed by atoms with van der Waals surface area (Å²) in [5.74, 6) is -0.322. The molecule has 0 heterocycles. The molecule has 6 heteroatoms. The quantitative estimate of drug-likeness (QED) is 0.0997. The first-order chi connectivity index (χ1) is 2.77. The van der Waals surface area contributed by atoms with Crippen molar-refractivity contribution in [1.82, 2.24) is 5.32 Å². The first-order valence-electron chi connectivity index (χ1n) is 1.26. The number of rotatable bonds is 0. The summed E-state index contributed by atoms with van der Waals surface area (Å²) in [7, 11) is 0. The molecule has 0 aromatic heterocycles. The Labute approximate surface area is 69.0 Å². The smallest absolute Gasteiger partial charge is 0.870 e. The van der Waals surface area contributed by atoms with E-state index in [1.807, 2.05) is 5.32 Å². The van der Waals surface area contributed by atoms with Crippen molar-refractivity contribution in [3.8, 4) is 6.19 Å². The van der Waals surface area contributed by atoms with E-state index < -0.39 is 0 Å². The van der Waals surface area contributed by atoms with Crippen molar-refractivity contribution in [1.29, 1.82) is 10.7 Å². The van der Waals surface area contributed by atoms with Crippen molar-refractivity contribution >= 4 is 5.96 Å². The van der Waals surface area contributed by atoms with Gasteiger partial charge in [-0.05, 0) is 0 Å². The minimum atomic E-state index is -0.322. The van der Waals surface area contributed by atoms with Crippen molar-refractivity contribution in [2.75, 3.05) is 0 Å². The van der Waals surface area contributed by atoms with Gasteiger partial charge in [0.1, 0.15) is 0 Å². The van der Waals surface area contributed by atoms with Gasteiger partial charge in [0.15, 0.2) is 12.2 Å². The minimum absolute atomic E-state index is 0. The van der Waals surface area contributed by atoms with Gasteiger partial charge in [-0.15, -0.1) is 0 Å². The molecule has 0 aliphatic rings. The Bertz CT molecular complexity index is 96.7. The van der Waals surface area contributed by atoms with Crippen LogP contribution in [0.15, 0.2) is 0 Å². The standard InChI is InChI=1S/C2H4N4.Na.H2O/c3-1-6-2(4)5;;/h(H4,4,5,6);;1H2/q;+1;/p-1.